The van der Waals surface area contributed by atoms with Gasteiger partial charge in [-0.3, -0.25) is 9.59 Å². The van der Waals surface area contributed by atoms with Crippen molar-refractivity contribution in [2.24, 2.45) is 5.41 Å². The Morgan fingerprint density at radius 3 is 2.48 bits per heavy atom. The molecule has 2 amide bonds. The van der Waals surface area contributed by atoms with Gasteiger partial charge in [-0.15, -0.1) is 6.42 Å². The minimum Gasteiger partial charge on any atom is -0.355 e. The van der Waals surface area contributed by atoms with Crippen molar-refractivity contribution in [3.63, 3.8) is 0 Å². The second-order valence-corrected chi connectivity index (χ2v) is 6.81. The van der Waals surface area contributed by atoms with Gasteiger partial charge in [0.2, 0.25) is 11.8 Å². The van der Waals surface area contributed by atoms with E-state index in [4.69, 9.17) is 6.42 Å². The van der Waals surface area contributed by atoms with Crippen LogP contribution in [0.3, 0.4) is 0 Å². The van der Waals surface area contributed by atoms with Crippen LogP contribution in [0.5, 0.6) is 0 Å². The van der Waals surface area contributed by atoms with Crippen molar-refractivity contribution in [3.05, 3.63) is 29.8 Å². The third kappa shape index (κ3) is 5.45. The number of hydrogen-bond donors (Lipinski definition) is 1. The molecule has 0 heterocycles. The lowest BCUT2D eigenvalue weighted by molar-refractivity contribution is -0.128. The second kappa shape index (κ2) is 7.82. The summed E-state index contributed by atoms with van der Waals surface area (Å²) in [6, 6.07) is 7.37. The van der Waals surface area contributed by atoms with Crippen molar-refractivity contribution in [3.8, 4) is 12.3 Å². The topological polar surface area (TPSA) is 49.4 Å². The molecule has 0 radical (unpaired) electrons. The molecule has 4 heteroatoms. The first-order valence-corrected chi connectivity index (χ1v) is 7.84. The normalized spacial score (nSPS) is 11.0. The van der Waals surface area contributed by atoms with Crippen molar-refractivity contribution in [1.29, 1.82) is 0 Å². The fourth-order valence-electron chi connectivity index (χ4n) is 2.14. The number of nitrogens with one attached hydrogen (secondary N) is 1. The molecule has 0 bridgehead atoms. The molecule has 0 spiro atoms. The van der Waals surface area contributed by atoms with Crippen molar-refractivity contribution in [1.82, 2.24) is 5.32 Å². The molecule has 0 saturated carbocycles. The lowest BCUT2D eigenvalue weighted by atomic mass is 9.96. The fraction of sp³-hybridized carbons (Fsp3) is 0.474. The van der Waals surface area contributed by atoms with Gasteiger partial charge in [-0.1, -0.05) is 32.8 Å². The van der Waals surface area contributed by atoms with Crippen LogP contribution in [0.4, 0.5) is 5.69 Å². The number of hydrogen-bond acceptors (Lipinski definition) is 2. The number of rotatable bonds is 5. The molecule has 0 aromatic heterocycles. The maximum atomic E-state index is 12.5. The first-order valence-electron chi connectivity index (χ1n) is 7.84. The quantitative estimate of drug-likeness (QED) is 0.850. The highest BCUT2D eigenvalue weighted by molar-refractivity contribution is 5.94. The van der Waals surface area contributed by atoms with Crippen molar-refractivity contribution in [2.45, 2.75) is 47.1 Å². The minimum absolute atomic E-state index is 0.00819. The molecule has 0 aliphatic rings. The van der Waals surface area contributed by atoms with Gasteiger partial charge in [0.15, 0.2) is 0 Å². The van der Waals surface area contributed by atoms with E-state index in [1.165, 1.54) is 0 Å². The Morgan fingerprint density at radius 2 is 1.96 bits per heavy atom. The average Bonchev–Trinajstić information content (AvgIpc) is 2.46. The molecule has 0 fully saturated rings. The second-order valence-electron chi connectivity index (χ2n) is 6.81. The van der Waals surface area contributed by atoms with Crippen LogP contribution in [0, 0.1) is 17.8 Å². The molecule has 23 heavy (non-hydrogen) atoms. The van der Waals surface area contributed by atoms with E-state index >= 15 is 0 Å². The predicted molar refractivity (Wildman–Crippen MR) is 94.1 cm³/mol. The minimum atomic E-state index is -0.456. The average molecular weight is 314 g/mol. The van der Waals surface area contributed by atoms with Crippen LogP contribution >= 0.6 is 0 Å². The van der Waals surface area contributed by atoms with Crippen LogP contribution in [0.2, 0.25) is 0 Å². The van der Waals surface area contributed by atoms with E-state index in [-0.39, 0.29) is 24.3 Å². The van der Waals surface area contributed by atoms with Gasteiger partial charge < -0.3 is 10.2 Å². The first-order chi connectivity index (χ1) is 10.7. The van der Waals surface area contributed by atoms with E-state index in [0.717, 1.165) is 11.3 Å². The number of nitrogens with zero attached hydrogens (tertiary/aromatic N) is 1. The zero-order valence-corrected chi connectivity index (χ0v) is 14.6. The molecule has 0 saturated heterocycles. The predicted octanol–water partition coefficient (Wildman–Crippen LogP) is 2.96. The zero-order chi connectivity index (χ0) is 17.6. The molecule has 1 aromatic rings. The van der Waals surface area contributed by atoms with Gasteiger partial charge in [0.1, 0.15) is 0 Å². The highest BCUT2D eigenvalue weighted by Gasteiger charge is 2.22. The number of anilines is 1. The first kappa shape index (κ1) is 18.8. The molecule has 0 atom stereocenters. The SMILES string of the molecule is C#Cc1cccc(N(C(=O)CCNC(=O)C(C)(C)C)C(C)C)c1. The third-order valence-corrected chi connectivity index (χ3v) is 3.38. The largest absolute Gasteiger partial charge is 0.355 e. The summed E-state index contributed by atoms with van der Waals surface area (Å²) in [6.45, 7) is 9.76. The standard InChI is InChI=1S/C19H26N2O2/c1-7-15-9-8-10-16(13-15)21(14(2)3)17(22)11-12-20-18(23)19(4,5)6/h1,8-10,13-14H,11-12H2,2-6H3,(H,20,23). The number of carbonyl (C=O) groups excluding carboxylic acids is 2. The molecule has 0 unspecified atom stereocenters. The van der Waals surface area contributed by atoms with Crippen LogP contribution < -0.4 is 10.2 Å². The lowest BCUT2D eigenvalue weighted by Gasteiger charge is -2.27. The van der Waals surface area contributed by atoms with Gasteiger partial charge in [-0.05, 0) is 32.0 Å². The molecule has 124 valence electrons. The summed E-state index contributed by atoms with van der Waals surface area (Å²) in [4.78, 5) is 26.1. The molecule has 4 nitrogen and oxygen atoms in total. The molecule has 0 aliphatic carbocycles. The van der Waals surface area contributed by atoms with Gasteiger partial charge in [-0.2, -0.15) is 0 Å². The number of terminal acetylenes is 1. The summed E-state index contributed by atoms with van der Waals surface area (Å²) in [5, 5.41) is 2.80. The summed E-state index contributed by atoms with van der Waals surface area (Å²) in [5.41, 5.74) is 1.06. The summed E-state index contributed by atoms with van der Waals surface area (Å²) in [6.07, 6.45) is 5.67. The lowest BCUT2D eigenvalue weighted by Crippen LogP contribution is -2.41. The monoisotopic (exact) mass is 314 g/mol. The summed E-state index contributed by atoms with van der Waals surface area (Å²) < 4.78 is 0. The van der Waals surface area contributed by atoms with Gasteiger partial charge in [0.25, 0.3) is 0 Å². The molecular formula is C19H26N2O2. The molecule has 1 N–H and O–H groups in total. The van der Waals surface area contributed by atoms with Crippen molar-refractivity contribution in [2.75, 3.05) is 11.4 Å². The van der Waals surface area contributed by atoms with Gasteiger partial charge in [-0.25, -0.2) is 0 Å². The van der Waals surface area contributed by atoms with E-state index in [2.05, 4.69) is 11.2 Å². The number of carbonyl (C=O) groups is 2. The van der Waals surface area contributed by atoms with E-state index in [1.54, 1.807) is 4.90 Å². The number of benzene rings is 1. The Labute approximate surface area is 139 Å². The van der Waals surface area contributed by atoms with Gasteiger partial charge in [0, 0.05) is 35.7 Å². The van der Waals surface area contributed by atoms with Gasteiger partial charge >= 0.3 is 0 Å². The Hall–Kier alpha value is -2.28. The highest BCUT2D eigenvalue weighted by Crippen LogP contribution is 2.20. The zero-order valence-electron chi connectivity index (χ0n) is 14.6. The van der Waals surface area contributed by atoms with Crippen LogP contribution in [-0.4, -0.2) is 24.4 Å². The van der Waals surface area contributed by atoms with Crippen molar-refractivity contribution < 1.29 is 9.59 Å². The van der Waals surface area contributed by atoms with E-state index in [0.29, 0.717) is 6.54 Å². The summed E-state index contributed by atoms with van der Waals surface area (Å²) >= 11 is 0. The Kier molecular flexibility index (Phi) is 6.38. The summed E-state index contributed by atoms with van der Waals surface area (Å²) in [5.74, 6) is 2.48. The Morgan fingerprint density at radius 1 is 1.30 bits per heavy atom. The van der Waals surface area contributed by atoms with Crippen molar-refractivity contribution >= 4 is 17.5 Å². The van der Waals surface area contributed by atoms with Crippen LogP contribution in [0.1, 0.15) is 46.6 Å². The molecule has 1 rings (SSSR count). The highest BCUT2D eigenvalue weighted by atomic mass is 16.2. The van der Waals surface area contributed by atoms with Gasteiger partial charge in [0.05, 0.1) is 0 Å². The maximum absolute atomic E-state index is 12.5. The van der Waals surface area contributed by atoms with Crippen LogP contribution in [-0.2, 0) is 9.59 Å². The molecule has 0 aliphatic heterocycles. The molecular weight excluding hydrogens is 288 g/mol. The van der Waals surface area contributed by atoms with E-state index in [9.17, 15) is 9.59 Å². The van der Waals surface area contributed by atoms with Crippen LogP contribution in [0.15, 0.2) is 24.3 Å². The van der Waals surface area contributed by atoms with Crippen LogP contribution in [0.25, 0.3) is 0 Å². The smallest absolute Gasteiger partial charge is 0.228 e. The fourth-order valence-corrected chi connectivity index (χ4v) is 2.14. The Balaban J connectivity index is 2.77. The third-order valence-electron chi connectivity index (χ3n) is 3.38. The maximum Gasteiger partial charge on any atom is 0.228 e. The molecule has 1 aromatic carbocycles. The number of amides is 2. The van der Waals surface area contributed by atoms with E-state index in [1.807, 2.05) is 58.9 Å². The summed E-state index contributed by atoms with van der Waals surface area (Å²) in [7, 11) is 0. The Bertz CT molecular complexity index is 607. The van der Waals surface area contributed by atoms with E-state index < -0.39 is 5.41 Å².